The van der Waals surface area contributed by atoms with E-state index in [4.69, 9.17) is 4.98 Å². The van der Waals surface area contributed by atoms with Crippen LogP contribution in [0.1, 0.15) is 24.4 Å². The van der Waals surface area contributed by atoms with Crippen LogP contribution < -0.4 is 0 Å². The van der Waals surface area contributed by atoms with E-state index in [1.807, 2.05) is 6.07 Å². The summed E-state index contributed by atoms with van der Waals surface area (Å²) in [6.07, 6.45) is 3.34. The molecule has 0 amide bonds. The number of aromatic nitrogens is 2. The lowest BCUT2D eigenvalue weighted by Crippen LogP contribution is -2.31. The van der Waals surface area contributed by atoms with E-state index in [-0.39, 0.29) is 5.82 Å². The maximum absolute atomic E-state index is 13.9. The quantitative estimate of drug-likeness (QED) is 0.408. The summed E-state index contributed by atoms with van der Waals surface area (Å²) >= 11 is 7.97. The van der Waals surface area contributed by atoms with Crippen molar-refractivity contribution in [3.63, 3.8) is 0 Å². The molecule has 2 nitrogen and oxygen atoms in total. The highest BCUT2D eigenvalue weighted by Crippen LogP contribution is 2.47. The standard InChI is InChI=1S/C14H10BrFI2N2/c15-10-5-9-7(4-11(10)16)1-6-2-8(3-6)20-13(18)12(17)19-14(9)20/h4-6,8H,1-3H2. The van der Waals surface area contributed by atoms with Gasteiger partial charge in [0.05, 0.1) is 4.47 Å². The first kappa shape index (κ1) is 13.9. The average molecular weight is 559 g/mol. The van der Waals surface area contributed by atoms with Gasteiger partial charge in [-0.05, 0) is 104 Å². The van der Waals surface area contributed by atoms with Gasteiger partial charge in [-0.3, -0.25) is 0 Å². The predicted octanol–water partition coefficient (Wildman–Crippen LogP) is 5.17. The van der Waals surface area contributed by atoms with Crippen molar-refractivity contribution in [2.75, 3.05) is 0 Å². The van der Waals surface area contributed by atoms with Gasteiger partial charge in [-0.15, -0.1) is 0 Å². The highest BCUT2D eigenvalue weighted by molar-refractivity contribution is 14.1. The monoisotopic (exact) mass is 558 g/mol. The summed E-state index contributed by atoms with van der Waals surface area (Å²) in [4.78, 5) is 4.74. The molecule has 2 aromatic rings. The lowest BCUT2D eigenvalue weighted by atomic mass is 9.74. The smallest absolute Gasteiger partial charge is 0.142 e. The summed E-state index contributed by atoms with van der Waals surface area (Å²) in [5.41, 5.74) is 2.17. The van der Waals surface area contributed by atoms with Crippen molar-refractivity contribution in [2.24, 2.45) is 5.92 Å². The fourth-order valence-corrected chi connectivity index (χ4v) is 4.84. The van der Waals surface area contributed by atoms with Crippen LogP contribution in [0.5, 0.6) is 0 Å². The van der Waals surface area contributed by atoms with Crippen molar-refractivity contribution >= 4 is 61.1 Å². The van der Waals surface area contributed by atoms with Gasteiger partial charge in [0.2, 0.25) is 0 Å². The molecule has 3 heterocycles. The molecule has 1 aromatic carbocycles. The third-order valence-corrected chi connectivity index (χ3v) is 7.71. The van der Waals surface area contributed by atoms with Crippen LogP contribution in [0.25, 0.3) is 11.4 Å². The fraction of sp³-hybridized carbons (Fsp3) is 0.357. The normalized spacial score (nSPS) is 23.4. The van der Waals surface area contributed by atoms with E-state index in [1.54, 1.807) is 6.07 Å². The summed E-state index contributed by atoms with van der Waals surface area (Å²) in [5.74, 6) is 1.50. The predicted molar refractivity (Wildman–Crippen MR) is 96.2 cm³/mol. The largest absolute Gasteiger partial charge is 0.315 e. The van der Waals surface area contributed by atoms with Crippen LogP contribution in [0.3, 0.4) is 0 Å². The molecule has 5 rings (SSSR count). The molecular weight excluding hydrogens is 549 g/mol. The van der Waals surface area contributed by atoms with E-state index in [1.165, 1.54) is 16.5 Å². The van der Waals surface area contributed by atoms with Crippen molar-refractivity contribution in [3.05, 3.63) is 35.4 Å². The molecule has 3 aliphatic rings. The molecule has 2 aliphatic heterocycles. The second kappa shape index (κ2) is 4.91. The Kier molecular flexibility index (Phi) is 3.42. The first-order chi connectivity index (χ1) is 9.54. The summed E-state index contributed by atoms with van der Waals surface area (Å²) in [7, 11) is 0. The number of benzene rings is 1. The van der Waals surface area contributed by atoms with Crippen molar-refractivity contribution in [2.45, 2.75) is 25.3 Å². The zero-order chi connectivity index (χ0) is 14.0. The van der Waals surface area contributed by atoms with Crippen LogP contribution in [0.4, 0.5) is 4.39 Å². The number of rotatable bonds is 0. The molecule has 0 atom stereocenters. The number of hydrogen-bond acceptors (Lipinski definition) is 1. The Labute approximate surface area is 151 Å². The molecule has 2 bridgehead atoms. The SMILES string of the molecule is Fc1cc2c(cc1Br)-c1nc(I)c(I)n1C1CC(C2)C1. The van der Waals surface area contributed by atoms with Gasteiger partial charge in [0.25, 0.3) is 0 Å². The molecule has 1 aromatic heterocycles. The fourth-order valence-electron chi connectivity index (χ4n) is 3.26. The Morgan fingerprint density at radius 2 is 2.05 bits per heavy atom. The average Bonchev–Trinajstić information content (AvgIpc) is 2.62. The first-order valence-corrected chi connectivity index (χ1v) is 9.41. The van der Waals surface area contributed by atoms with Gasteiger partial charge < -0.3 is 4.57 Å². The summed E-state index contributed by atoms with van der Waals surface area (Å²) in [5, 5.41) is 0. The summed E-state index contributed by atoms with van der Waals surface area (Å²) in [6, 6.07) is 4.13. The summed E-state index contributed by atoms with van der Waals surface area (Å²) in [6.45, 7) is 0. The minimum Gasteiger partial charge on any atom is -0.315 e. The molecule has 1 saturated carbocycles. The third-order valence-electron chi connectivity index (χ3n) is 4.29. The molecule has 6 heteroatoms. The molecule has 0 spiro atoms. The van der Waals surface area contributed by atoms with Gasteiger partial charge in [0.15, 0.2) is 0 Å². The van der Waals surface area contributed by atoms with E-state index in [0.717, 1.165) is 27.1 Å². The Morgan fingerprint density at radius 3 is 2.80 bits per heavy atom. The van der Waals surface area contributed by atoms with Crippen molar-refractivity contribution < 1.29 is 4.39 Å². The minimum atomic E-state index is -0.178. The lowest BCUT2D eigenvalue weighted by molar-refractivity contribution is 0.192. The van der Waals surface area contributed by atoms with Crippen LogP contribution in [0.2, 0.25) is 0 Å². The number of imidazole rings is 1. The van der Waals surface area contributed by atoms with Crippen LogP contribution >= 0.6 is 61.1 Å². The molecular formula is C14H10BrFI2N2. The first-order valence-electron chi connectivity index (χ1n) is 6.46. The van der Waals surface area contributed by atoms with E-state index in [0.29, 0.717) is 16.4 Å². The molecule has 0 radical (unpaired) electrons. The second-order valence-corrected chi connectivity index (χ2v) is 8.40. The highest BCUT2D eigenvalue weighted by Gasteiger charge is 2.37. The van der Waals surface area contributed by atoms with Gasteiger partial charge >= 0.3 is 0 Å². The van der Waals surface area contributed by atoms with E-state index in [2.05, 4.69) is 65.7 Å². The van der Waals surface area contributed by atoms with Crippen LogP contribution in [-0.4, -0.2) is 9.55 Å². The van der Waals surface area contributed by atoms with Crippen molar-refractivity contribution in [1.82, 2.24) is 9.55 Å². The van der Waals surface area contributed by atoms with E-state index < -0.39 is 0 Å². The Morgan fingerprint density at radius 1 is 1.30 bits per heavy atom. The molecule has 0 N–H and O–H groups in total. The zero-order valence-corrected chi connectivity index (χ0v) is 16.2. The summed E-state index contributed by atoms with van der Waals surface area (Å²) < 4.78 is 19.0. The van der Waals surface area contributed by atoms with Crippen LogP contribution in [-0.2, 0) is 6.42 Å². The number of nitrogens with zero attached hydrogens (tertiary/aromatic N) is 2. The lowest BCUT2D eigenvalue weighted by Gasteiger charge is -2.40. The van der Waals surface area contributed by atoms with Gasteiger partial charge in [-0.1, -0.05) is 0 Å². The number of hydrogen-bond donors (Lipinski definition) is 0. The van der Waals surface area contributed by atoms with Crippen molar-refractivity contribution in [1.29, 1.82) is 0 Å². The van der Waals surface area contributed by atoms with E-state index >= 15 is 0 Å². The van der Waals surface area contributed by atoms with E-state index in [9.17, 15) is 4.39 Å². The maximum Gasteiger partial charge on any atom is 0.142 e. The number of halogens is 4. The molecule has 0 saturated heterocycles. The van der Waals surface area contributed by atoms with Gasteiger partial charge in [0, 0.05) is 11.6 Å². The zero-order valence-electron chi connectivity index (χ0n) is 10.3. The molecule has 20 heavy (non-hydrogen) atoms. The highest BCUT2D eigenvalue weighted by atomic mass is 127. The van der Waals surface area contributed by atoms with Crippen LogP contribution in [0, 0.1) is 19.1 Å². The topological polar surface area (TPSA) is 17.8 Å². The third kappa shape index (κ3) is 2.00. The second-order valence-electron chi connectivity index (χ2n) is 5.51. The van der Waals surface area contributed by atoms with Gasteiger partial charge in [-0.2, -0.15) is 0 Å². The molecule has 1 aliphatic carbocycles. The van der Waals surface area contributed by atoms with Crippen molar-refractivity contribution in [3.8, 4) is 11.4 Å². The molecule has 1 fully saturated rings. The minimum absolute atomic E-state index is 0.178. The Balaban J connectivity index is 2.03. The van der Waals surface area contributed by atoms with Gasteiger partial charge in [-0.25, -0.2) is 9.37 Å². The maximum atomic E-state index is 13.9. The molecule has 104 valence electrons. The Hall–Kier alpha value is 0.300. The molecule has 0 unspecified atom stereocenters. The van der Waals surface area contributed by atoms with Gasteiger partial charge in [0.1, 0.15) is 19.0 Å². The Bertz CT molecular complexity index is 722. The van der Waals surface area contributed by atoms with Crippen LogP contribution in [0.15, 0.2) is 16.6 Å².